The van der Waals surface area contributed by atoms with E-state index in [1.807, 2.05) is 4.90 Å². The van der Waals surface area contributed by atoms with Crippen LogP contribution in [0.2, 0.25) is 0 Å². The molecule has 0 radical (unpaired) electrons. The summed E-state index contributed by atoms with van der Waals surface area (Å²) in [7, 11) is 0. The van der Waals surface area contributed by atoms with Crippen molar-refractivity contribution in [1.82, 2.24) is 19.9 Å². The third kappa shape index (κ3) is 3.40. The number of nitrogens with zero attached hydrogens (tertiary/aromatic N) is 4. The number of aromatic amines is 1. The van der Waals surface area contributed by atoms with E-state index < -0.39 is 11.6 Å². The van der Waals surface area contributed by atoms with E-state index in [0.29, 0.717) is 42.2 Å². The smallest absolute Gasteiger partial charge is 0.254 e. The lowest BCUT2D eigenvalue weighted by molar-refractivity contribution is 0.233. The lowest BCUT2D eigenvalue weighted by Crippen LogP contribution is -2.35. The summed E-state index contributed by atoms with van der Waals surface area (Å²) >= 11 is 0. The molecule has 0 aliphatic carbocycles. The second-order valence-electron chi connectivity index (χ2n) is 6.57. The molecule has 0 saturated carbocycles. The van der Waals surface area contributed by atoms with Crippen LogP contribution < -0.4 is 5.56 Å². The predicted octanol–water partition coefficient (Wildman–Crippen LogP) is 2.54. The Morgan fingerprint density at radius 1 is 1.29 bits per heavy atom. The number of halogens is 2. The van der Waals surface area contributed by atoms with Gasteiger partial charge in [0.2, 0.25) is 0 Å². The molecule has 0 amide bonds. The summed E-state index contributed by atoms with van der Waals surface area (Å²) in [5, 5.41) is 8.81. The van der Waals surface area contributed by atoms with Crippen molar-refractivity contribution < 1.29 is 8.78 Å². The monoisotopic (exact) mass is 379 g/mol. The van der Waals surface area contributed by atoms with Crippen molar-refractivity contribution in [3.8, 4) is 17.5 Å². The zero-order valence-electron chi connectivity index (χ0n) is 14.7. The van der Waals surface area contributed by atoms with E-state index in [2.05, 4.69) is 15.0 Å². The highest BCUT2D eigenvalue weighted by Crippen LogP contribution is 2.22. The maximum absolute atomic E-state index is 14.2. The molecule has 8 heteroatoms. The van der Waals surface area contributed by atoms with Crippen molar-refractivity contribution in [3.05, 3.63) is 81.0 Å². The van der Waals surface area contributed by atoms with Crippen LogP contribution in [-0.4, -0.2) is 26.4 Å². The van der Waals surface area contributed by atoms with Gasteiger partial charge in [0.25, 0.3) is 5.56 Å². The van der Waals surface area contributed by atoms with E-state index in [-0.39, 0.29) is 23.2 Å². The van der Waals surface area contributed by atoms with Crippen LogP contribution in [0.25, 0.3) is 11.4 Å². The summed E-state index contributed by atoms with van der Waals surface area (Å²) in [5.41, 5.74) is 1.49. The van der Waals surface area contributed by atoms with Crippen molar-refractivity contribution in [2.24, 2.45) is 0 Å². The molecule has 0 atom stereocenters. The summed E-state index contributed by atoms with van der Waals surface area (Å²) in [4.78, 5) is 25.6. The first-order valence-electron chi connectivity index (χ1n) is 8.68. The molecule has 1 aliphatic rings. The largest absolute Gasteiger partial charge is 0.306 e. The Balaban J connectivity index is 1.63. The first-order valence-corrected chi connectivity index (χ1v) is 8.68. The van der Waals surface area contributed by atoms with E-state index in [1.54, 1.807) is 30.6 Å². The molecule has 0 saturated heterocycles. The Hall–Kier alpha value is -3.44. The summed E-state index contributed by atoms with van der Waals surface area (Å²) in [6.07, 6.45) is 3.67. The molecule has 1 aromatic carbocycles. The topological polar surface area (TPSA) is 85.7 Å². The molecule has 3 aromatic rings. The molecule has 4 rings (SSSR count). The standard InChI is InChI=1S/C20H15F2N5O/c21-16-6-12(8-23)7-17(22)15(16)10-27-5-3-14-18(11-27)25-19(26-20(14)28)13-2-1-4-24-9-13/h1-2,4,6-7,9H,3,5,10-11H2,(H,25,26,28). The normalized spacial score (nSPS) is 13.8. The molecule has 140 valence electrons. The fourth-order valence-corrected chi connectivity index (χ4v) is 3.31. The predicted molar refractivity (Wildman–Crippen MR) is 97.0 cm³/mol. The fourth-order valence-electron chi connectivity index (χ4n) is 3.31. The Kier molecular flexibility index (Phi) is 4.67. The molecule has 1 N–H and O–H groups in total. The zero-order valence-corrected chi connectivity index (χ0v) is 14.7. The molecule has 0 bridgehead atoms. The molecule has 28 heavy (non-hydrogen) atoms. The Morgan fingerprint density at radius 3 is 2.75 bits per heavy atom. The lowest BCUT2D eigenvalue weighted by Gasteiger charge is -2.28. The number of benzene rings is 1. The van der Waals surface area contributed by atoms with Gasteiger partial charge in [-0.1, -0.05) is 0 Å². The Labute approximate surface area is 159 Å². The van der Waals surface area contributed by atoms with Gasteiger partial charge in [-0.2, -0.15) is 5.26 Å². The number of fused-ring (bicyclic) bond motifs is 1. The van der Waals surface area contributed by atoms with Gasteiger partial charge in [0, 0.05) is 48.7 Å². The van der Waals surface area contributed by atoms with Gasteiger partial charge in [0.15, 0.2) is 0 Å². The quantitative estimate of drug-likeness (QED) is 0.756. The second kappa shape index (κ2) is 7.29. The van der Waals surface area contributed by atoms with Gasteiger partial charge >= 0.3 is 0 Å². The Morgan fingerprint density at radius 2 is 2.07 bits per heavy atom. The van der Waals surface area contributed by atoms with Crippen molar-refractivity contribution in [1.29, 1.82) is 5.26 Å². The van der Waals surface area contributed by atoms with Gasteiger partial charge in [0.1, 0.15) is 17.5 Å². The van der Waals surface area contributed by atoms with Crippen LogP contribution in [0.5, 0.6) is 0 Å². The first-order chi connectivity index (χ1) is 13.5. The Bertz CT molecular complexity index is 1110. The van der Waals surface area contributed by atoms with Crippen molar-refractivity contribution in [2.75, 3.05) is 6.54 Å². The van der Waals surface area contributed by atoms with Gasteiger partial charge in [0.05, 0.1) is 17.3 Å². The summed E-state index contributed by atoms with van der Waals surface area (Å²) in [5.74, 6) is -1.09. The minimum absolute atomic E-state index is 0.0273. The molecule has 3 heterocycles. The van der Waals surface area contributed by atoms with Gasteiger partial charge in [-0.25, -0.2) is 13.8 Å². The number of pyridine rings is 1. The minimum atomic E-state index is -0.753. The van der Waals surface area contributed by atoms with E-state index >= 15 is 0 Å². The number of hydrogen-bond donors (Lipinski definition) is 1. The van der Waals surface area contributed by atoms with Crippen LogP contribution in [0, 0.1) is 23.0 Å². The number of aromatic nitrogens is 3. The van der Waals surface area contributed by atoms with E-state index in [0.717, 1.165) is 12.1 Å². The molecule has 1 aliphatic heterocycles. The van der Waals surface area contributed by atoms with Crippen LogP contribution >= 0.6 is 0 Å². The molecular formula is C20H15F2N5O. The van der Waals surface area contributed by atoms with Gasteiger partial charge in [-0.3, -0.25) is 14.7 Å². The van der Waals surface area contributed by atoms with Crippen LogP contribution in [0.15, 0.2) is 41.5 Å². The first kappa shape index (κ1) is 17.9. The fraction of sp³-hybridized carbons (Fsp3) is 0.200. The lowest BCUT2D eigenvalue weighted by atomic mass is 10.0. The van der Waals surface area contributed by atoms with Gasteiger partial charge in [-0.05, 0) is 30.7 Å². The zero-order chi connectivity index (χ0) is 19.7. The van der Waals surface area contributed by atoms with E-state index in [4.69, 9.17) is 5.26 Å². The maximum Gasteiger partial charge on any atom is 0.254 e. The van der Waals surface area contributed by atoms with Crippen molar-refractivity contribution in [2.45, 2.75) is 19.5 Å². The van der Waals surface area contributed by atoms with Crippen molar-refractivity contribution >= 4 is 0 Å². The molecule has 0 fully saturated rings. The van der Waals surface area contributed by atoms with E-state index in [9.17, 15) is 13.6 Å². The molecule has 2 aromatic heterocycles. The average Bonchev–Trinajstić information content (AvgIpc) is 2.71. The number of rotatable bonds is 3. The van der Waals surface area contributed by atoms with E-state index in [1.165, 1.54) is 0 Å². The molecule has 0 unspecified atom stereocenters. The summed E-state index contributed by atoms with van der Waals surface area (Å²) in [6.45, 7) is 0.799. The molecule has 0 spiro atoms. The number of H-pyrrole nitrogens is 1. The van der Waals surface area contributed by atoms with Crippen LogP contribution in [0.3, 0.4) is 0 Å². The average molecular weight is 379 g/mol. The van der Waals surface area contributed by atoms with Gasteiger partial charge in [-0.15, -0.1) is 0 Å². The van der Waals surface area contributed by atoms with Crippen LogP contribution in [-0.2, 0) is 19.5 Å². The number of hydrogen-bond acceptors (Lipinski definition) is 5. The highest BCUT2D eigenvalue weighted by molar-refractivity contribution is 5.53. The second-order valence-corrected chi connectivity index (χ2v) is 6.57. The highest BCUT2D eigenvalue weighted by Gasteiger charge is 2.23. The number of nitrogens with one attached hydrogen (secondary N) is 1. The maximum atomic E-state index is 14.2. The third-order valence-electron chi connectivity index (χ3n) is 4.74. The summed E-state index contributed by atoms with van der Waals surface area (Å²) < 4.78 is 28.4. The summed E-state index contributed by atoms with van der Waals surface area (Å²) in [6, 6.07) is 7.33. The SMILES string of the molecule is N#Cc1cc(F)c(CN2CCc3c(nc(-c4cccnc4)[nH]c3=O)C2)c(F)c1. The molecular weight excluding hydrogens is 364 g/mol. The van der Waals surface area contributed by atoms with Crippen LogP contribution in [0.4, 0.5) is 8.78 Å². The minimum Gasteiger partial charge on any atom is -0.306 e. The van der Waals surface area contributed by atoms with Crippen LogP contribution in [0.1, 0.15) is 22.4 Å². The van der Waals surface area contributed by atoms with Crippen molar-refractivity contribution in [3.63, 3.8) is 0 Å². The van der Waals surface area contributed by atoms with Gasteiger partial charge < -0.3 is 4.98 Å². The molecule has 6 nitrogen and oxygen atoms in total. The highest BCUT2D eigenvalue weighted by atomic mass is 19.1. The third-order valence-corrected chi connectivity index (χ3v) is 4.74. The number of nitriles is 1.